The molecule has 9 nitrogen and oxygen atoms in total. The van der Waals surface area contributed by atoms with Crippen LogP contribution in [0, 0.1) is 0 Å². The minimum Gasteiger partial charge on any atom is -0.467 e. The largest absolute Gasteiger partial charge is 0.467 e. The van der Waals surface area contributed by atoms with Crippen molar-refractivity contribution in [1.29, 1.82) is 0 Å². The molecule has 1 spiro atoms. The molecule has 3 aliphatic rings. The second-order valence-corrected chi connectivity index (χ2v) is 12.2. The standard InChI is InChI=1S/C25H28Cl3N3O6/c1-14(2)11-19-24(15-7-4-5-8-16(15)29-22(24)34)12-18(21(33)36-3)31(19)20(32)17-9-6-10-30(17)23(35)37-13-25(26,27)28/h4-5,7-8,11,17-19H,6,9-10,12-13H2,1-3H3,(H,29,34)/t17-,18-,19?,24?/m0/s1. The molecular formula is C25H28Cl3N3O6. The number of allylic oxidation sites excluding steroid dienone is 1. The van der Waals surface area contributed by atoms with E-state index in [1.807, 2.05) is 38.1 Å². The number of likely N-dealkylation sites (tertiary alicyclic amines) is 2. The molecule has 0 aromatic heterocycles. The van der Waals surface area contributed by atoms with E-state index in [4.69, 9.17) is 44.3 Å². The van der Waals surface area contributed by atoms with Crippen molar-refractivity contribution < 1.29 is 28.7 Å². The fourth-order valence-electron chi connectivity index (χ4n) is 5.59. The number of esters is 1. The number of nitrogens with zero attached hydrogens (tertiary/aromatic N) is 2. The van der Waals surface area contributed by atoms with Crippen LogP contribution in [0.15, 0.2) is 35.9 Å². The summed E-state index contributed by atoms with van der Waals surface area (Å²) in [6.45, 7) is 3.49. The number of para-hydroxylation sites is 1. The summed E-state index contributed by atoms with van der Waals surface area (Å²) < 4.78 is 8.40. The van der Waals surface area contributed by atoms with E-state index in [0.29, 0.717) is 24.1 Å². The zero-order valence-corrected chi connectivity index (χ0v) is 22.9. The summed E-state index contributed by atoms with van der Waals surface area (Å²) in [5.74, 6) is -1.42. The Kier molecular flexibility index (Phi) is 7.70. The van der Waals surface area contributed by atoms with E-state index in [0.717, 1.165) is 5.57 Å². The number of fused-ring (bicyclic) bond motifs is 2. The molecule has 2 fully saturated rings. The summed E-state index contributed by atoms with van der Waals surface area (Å²) in [7, 11) is 1.24. The van der Waals surface area contributed by atoms with Crippen LogP contribution in [-0.4, -0.2) is 75.9 Å². The molecule has 0 aliphatic carbocycles. The summed E-state index contributed by atoms with van der Waals surface area (Å²) in [6, 6.07) is 4.49. The second-order valence-electron chi connectivity index (χ2n) is 9.67. The lowest BCUT2D eigenvalue weighted by Gasteiger charge is -2.36. The van der Waals surface area contributed by atoms with Crippen LogP contribution in [0.4, 0.5) is 10.5 Å². The lowest BCUT2D eigenvalue weighted by atomic mass is 9.73. The summed E-state index contributed by atoms with van der Waals surface area (Å²) in [4.78, 5) is 56.3. The first-order chi connectivity index (χ1) is 17.4. The van der Waals surface area contributed by atoms with E-state index in [9.17, 15) is 19.2 Å². The van der Waals surface area contributed by atoms with Crippen molar-refractivity contribution in [3.63, 3.8) is 0 Å². The Hall–Kier alpha value is -2.49. The van der Waals surface area contributed by atoms with Gasteiger partial charge in [-0.05, 0) is 44.7 Å². The van der Waals surface area contributed by atoms with Gasteiger partial charge in [0, 0.05) is 12.2 Å². The first-order valence-electron chi connectivity index (χ1n) is 11.9. The van der Waals surface area contributed by atoms with Gasteiger partial charge in [-0.25, -0.2) is 9.59 Å². The van der Waals surface area contributed by atoms with Crippen molar-refractivity contribution in [2.24, 2.45) is 0 Å². The lowest BCUT2D eigenvalue weighted by molar-refractivity contribution is -0.153. The first kappa shape index (κ1) is 27.5. The number of methoxy groups -OCH3 is 1. The van der Waals surface area contributed by atoms with Gasteiger partial charge in [0.1, 0.15) is 24.1 Å². The molecule has 1 N–H and O–H groups in total. The number of hydrogen-bond acceptors (Lipinski definition) is 6. The number of nitrogens with one attached hydrogen (secondary N) is 1. The highest BCUT2D eigenvalue weighted by molar-refractivity contribution is 6.67. The van der Waals surface area contributed by atoms with Crippen LogP contribution in [-0.2, 0) is 29.3 Å². The topological polar surface area (TPSA) is 105 Å². The third-order valence-corrected chi connectivity index (χ3v) is 7.39. The third-order valence-electron chi connectivity index (χ3n) is 7.07. The Morgan fingerprint density at radius 1 is 1.19 bits per heavy atom. The number of ether oxygens (including phenoxy) is 2. The summed E-state index contributed by atoms with van der Waals surface area (Å²) in [5, 5.41) is 2.92. The maximum absolute atomic E-state index is 14.2. The number of hydrogen-bond donors (Lipinski definition) is 1. The van der Waals surface area contributed by atoms with E-state index in [-0.39, 0.29) is 18.9 Å². The molecule has 0 saturated carbocycles. The fraction of sp³-hybridized carbons (Fsp3) is 0.520. The Morgan fingerprint density at radius 3 is 2.54 bits per heavy atom. The molecule has 1 aromatic rings. The molecule has 4 atom stereocenters. The third kappa shape index (κ3) is 5.01. The Balaban J connectivity index is 1.76. The Morgan fingerprint density at radius 2 is 1.89 bits per heavy atom. The van der Waals surface area contributed by atoms with Crippen LogP contribution in [0.3, 0.4) is 0 Å². The summed E-state index contributed by atoms with van der Waals surface area (Å²) >= 11 is 17.1. The molecule has 1 aromatic carbocycles. The van der Waals surface area contributed by atoms with Gasteiger partial charge in [-0.15, -0.1) is 0 Å². The first-order valence-corrected chi connectivity index (χ1v) is 13.0. The van der Waals surface area contributed by atoms with Gasteiger partial charge in [-0.1, -0.05) is 64.7 Å². The number of carbonyl (C=O) groups excluding carboxylic acids is 4. The predicted molar refractivity (Wildman–Crippen MR) is 139 cm³/mol. The van der Waals surface area contributed by atoms with Crippen molar-refractivity contribution in [3.8, 4) is 0 Å². The number of benzene rings is 1. The molecule has 3 aliphatic heterocycles. The van der Waals surface area contributed by atoms with Crippen LogP contribution in [0.5, 0.6) is 0 Å². The van der Waals surface area contributed by atoms with E-state index >= 15 is 0 Å². The van der Waals surface area contributed by atoms with Crippen molar-refractivity contribution in [2.75, 3.05) is 25.6 Å². The number of anilines is 1. The average Bonchev–Trinajstić information content (AvgIpc) is 3.52. The normalized spacial score (nSPS) is 26.6. The zero-order valence-electron chi connectivity index (χ0n) is 20.6. The van der Waals surface area contributed by atoms with Crippen molar-refractivity contribution in [3.05, 3.63) is 41.5 Å². The molecule has 0 bridgehead atoms. The van der Waals surface area contributed by atoms with Gasteiger partial charge in [0.2, 0.25) is 15.6 Å². The van der Waals surface area contributed by atoms with Crippen molar-refractivity contribution >= 4 is 64.4 Å². The van der Waals surface area contributed by atoms with Gasteiger partial charge in [0.05, 0.1) is 13.2 Å². The van der Waals surface area contributed by atoms with E-state index < -0.39 is 51.9 Å². The van der Waals surface area contributed by atoms with Crippen molar-refractivity contribution in [2.45, 2.75) is 60.4 Å². The lowest BCUT2D eigenvalue weighted by Crippen LogP contribution is -2.55. The SMILES string of the molecule is COC(=O)[C@@H]1CC2(C(=O)Nc3ccccc32)C(C=C(C)C)N1C(=O)[C@@H]1CCCN1C(=O)OCC(Cl)(Cl)Cl. The van der Waals surface area contributed by atoms with Gasteiger partial charge in [-0.2, -0.15) is 0 Å². The van der Waals surface area contributed by atoms with Gasteiger partial charge in [0.15, 0.2) is 0 Å². The molecule has 0 radical (unpaired) electrons. The predicted octanol–water partition coefficient (Wildman–Crippen LogP) is 3.96. The van der Waals surface area contributed by atoms with Gasteiger partial charge < -0.3 is 19.7 Å². The summed E-state index contributed by atoms with van der Waals surface area (Å²) in [5.41, 5.74) is 0.990. The molecule has 12 heteroatoms. The second kappa shape index (κ2) is 10.3. The van der Waals surface area contributed by atoms with Crippen LogP contribution < -0.4 is 5.32 Å². The quantitative estimate of drug-likeness (QED) is 0.333. The number of carbonyl (C=O) groups is 4. The highest BCUT2D eigenvalue weighted by Crippen LogP contribution is 2.51. The maximum Gasteiger partial charge on any atom is 0.410 e. The van der Waals surface area contributed by atoms with Crippen LogP contribution in [0.2, 0.25) is 0 Å². The molecule has 2 unspecified atom stereocenters. The molecular weight excluding hydrogens is 545 g/mol. The highest BCUT2D eigenvalue weighted by atomic mass is 35.6. The Bertz CT molecular complexity index is 1150. The zero-order chi connectivity index (χ0) is 27.1. The van der Waals surface area contributed by atoms with Crippen molar-refractivity contribution in [1.82, 2.24) is 9.80 Å². The van der Waals surface area contributed by atoms with Crippen LogP contribution in [0.1, 0.15) is 38.7 Å². The van der Waals surface area contributed by atoms with E-state index in [2.05, 4.69) is 5.32 Å². The Labute approximate surface area is 230 Å². The highest BCUT2D eigenvalue weighted by Gasteiger charge is 2.64. The number of rotatable bonds is 4. The molecule has 3 heterocycles. The minimum atomic E-state index is -1.80. The molecule has 4 rings (SSSR count). The number of halogens is 3. The van der Waals surface area contributed by atoms with Gasteiger partial charge >= 0.3 is 12.1 Å². The maximum atomic E-state index is 14.2. The molecule has 3 amide bonds. The van der Waals surface area contributed by atoms with Gasteiger partial charge in [0.25, 0.3) is 0 Å². The summed E-state index contributed by atoms with van der Waals surface area (Å²) in [6.07, 6.45) is 1.95. The van der Waals surface area contributed by atoms with E-state index in [1.54, 1.807) is 6.07 Å². The minimum absolute atomic E-state index is 0.0349. The number of amides is 3. The molecule has 200 valence electrons. The van der Waals surface area contributed by atoms with Gasteiger partial charge in [-0.3, -0.25) is 14.5 Å². The smallest absolute Gasteiger partial charge is 0.410 e. The average molecular weight is 573 g/mol. The van der Waals surface area contributed by atoms with Crippen LogP contribution in [0.25, 0.3) is 0 Å². The monoisotopic (exact) mass is 571 g/mol. The fourth-order valence-corrected chi connectivity index (χ4v) is 5.76. The molecule has 37 heavy (non-hydrogen) atoms. The molecule has 2 saturated heterocycles. The van der Waals surface area contributed by atoms with Crippen LogP contribution >= 0.6 is 34.8 Å². The van der Waals surface area contributed by atoms with E-state index in [1.165, 1.54) is 16.9 Å². The number of alkyl halides is 3.